The van der Waals surface area contributed by atoms with Crippen LogP contribution < -0.4 is 5.56 Å². The van der Waals surface area contributed by atoms with Gasteiger partial charge in [-0.15, -0.1) is 0 Å². The summed E-state index contributed by atoms with van der Waals surface area (Å²) in [5, 5.41) is 0. The van der Waals surface area contributed by atoms with E-state index >= 15 is 0 Å². The summed E-state index contributed by atoms with van der Waals surface area (Å²) >= 11 is 7.28. The van der Waals surface area contributed by atoms with Gasteiger partial charge in [-0.3, -0.25) is 4.79 Å². The van der Waals surface area contributed by atoms with Gasteiger partial charge in [-0.25, -0.2) is 3.96 Å². The lowest BCUT2D eigenvalue weighted by Gasteiger charge is -2.19. The monoisotopic (exact) mass is 295 g/mol. The highest BCUT2D eigenvalue weighted by Gasteiger charge is 2.17. The Balaban J connectivity index is 2.79. The number of hydrogen-bond acceptors (Lipinski definition) is 2. The first-order valence-corrected chi connectivity index (χ1v) is 7.59. The van der Waals surface area contributed by atoms with Crippen molar-refractivity contribution in [3.8, 4) is 5.69 Å². The highest BCUT2D eigenvalue weighted by Crippen LogP contribution is 2.32. The molecule has 19 heavy (non-hydrogen) atoms. The van der Waals surface area contributed by atoms with Crippen LogP contribution in [0, 0.1) is 0 Å². The number of para-hydroxylation sites is 1. The van der Waals surface area contributed by atoms with E-state index < -0.39 is 0 Å². The fraction of sp³-hybridized carbons (Fsp3) is 0.400. The molecule has 102 valence electrons. The van der Waals surface area contributed by atoms with E-state index in [-0.39, 0.29) is 5.56 Å². The average Bonchev–Trinajstić information content (AvgIpc) is 2.67. The number of hydrogen-bond donors (Lipinski definition) is 0. The molecular formula is C15H18ClNOS. The zero-order valence-corrected chi connectivity index (χ0v) is 13.2. The Morgan fingerprint density at radius 3 is 2.00 bits per heavy atom. The lowest BCUT2D eigenvalue weighted by Crippen LogP contribution is -2.15. The molecule has 0 fully saturated rings. The Bertz CT molecular complexity index is 614. The molecule has 0 aliphatic heterocycles. The molecule has 2 aromatic rings. The van der Waals surface area contributed by atoms with Crippen LogP contribution in [0.1, 0.15) is 50.7 Å². The third-order valence-corrected chi connectivity index (χ3v) is 4.31. The van der Waals surface area contributed by atoms with E-state index in [9.17, 15) is 4.79 Å². The Labute approximate surface area is 122 Å². The zero-order chi connectivity index (χ0) is 14.2. The Hall–Kier alpha value is -1.06. The molecular weight excluding hydrogens is 278 g/mol. The van der Waals surface area contributed by atoms with Crippen LogP contribution in [0.5, 0.6) is 0 Å². The second-order valence-corrected chi connectivity index (χ2v) is 6.89. The van der Waals surface area contributed by atoms with Gasteiger partial charge in [0.25, 0.3) is 5.56 Å². The molecule has 2 nitrogen and oxygen atoms in total. The summed E-state index contributed by atoms with van der Waals surface area (Å²) in [6, 6.07) is 7.72. The summed E-state index contributed by atoms with van der Waals surface area (Å²) in [6.45, 7) is 8.57. The zero-order valence-electron chi connectivity index (χ0n) is 11.6. The van der Waals surface area contributed by atoms with Crippen molar-refractivity contribution >= 4 is 23.1 Å². The fourth-order valence-electron chi connectivity index (χ4n) is 2.22. The average molecular weight is 296 g/mol. The minimum Gasteiger partial charge on any atom is -0.268 e. The first kappa shape index (κ1) is 14.4. The predicted octanol–water partition coefficient (Wildman–Crippen LogP) is 4.80. The lowest BCUT2D eigenvalue weighted by atomic mass is 9.93. The van der Waals surface area contributed by atoms with Gasteiger partial charge in [0.15, 0.2) is 0 Å². The fourth-order valence-corrected chi connectivity index (χ4v) is 3.29. The second kappa shape index (κ2) is 5.51. The molecule has 4 heteroatoms. The Kier molecular flexibility index (Phi) is 4.16. The number of benzene rings is 1. The predicted molar refractivity (Wildman–Crippen MR) is 83.1 cm³/mol. The second-order valence-electron chi connectivity index (χ2n) is 5.27. The Morgan fingerprint density at radius 1 is 1.11 bits per heavy atom. The van der Waals surface area contributed by atoms with Crippen LogP contribution in [0.25, 0.3) is 5.69 Å². The Morgan fingerprint density at radius 2 is 1.63 bits per heavy atom. The molecule has 1 heterocycles. The van der Waals surface area contributed by atoms with Crippen LogP contribution in [-0.4, -0.2) is 3.96 Å². The molecule has 0 spiro atoms. The van der Waals surface area contributed by atoms with Crippen molar-refractivity contribution in [2.45, 2.75) is 39.5 Å². The van der Waals surface area contributed by atoms with Crippen molar-refractivity contribution < 1.29 is 0 Å². The first-order chi connectivity index (χ1) is 8.91. The molecule has 1 aromatic heterocycles. The first-order valence-electron chi connectivity index (χ1n) is 6.44. The molecule has 0 aliphatic carbocycles. The molecule has 0 bridgehead atoms. The van der Waals surface area contributed by atoms with Crippen molar-refractivity contribution in [1.29, 1.82) is 0 Å². The summed E-state index contributed by atoms with van der Waals surface area (Å²) in [5.41, 5.74) is 3.33. The van der Waals surface area contributed by atoms with E-state index in [0.717, 1.165) is 5.69 Å². The van der Waals surface area contributed by atoms with E-state index in [1.165, 1.54) is 28.7 Å². The summed E-state index contributed by atoms with van der Waals surface area (Å²) in [6.07, 6.45) is 0. The number of halogens is 1. The van der Waals surface area contributed by atoms with Crippen LogP contribution in [0.2, 0.25) is 4.34 Å². The molecule has 0 saturated heterocycles. The van der Waals surface area contributed by atoms with Crippen LogP contribution in [0.15, 0.2) is 29.1 Å². The van der Waals surface area contributed by atoms with Crippen molar-refractivity contribution in [2.75, 3.05) is 0 Å². The normalized spacial score (nSPS) is 11.5. The molecule has 0 saturated carbocycles. The highest BCUT2D eigenvalue weighted by molar-refractivity contribution is 7.11. The molecule has 0 radical (unpaired) electrons. The molecule has 0 unspecified atom stereocenters. The lowest BCUT2D eigenvalue weighted by molar-refractivity contribution is 0.813. The highest BCUT2D eigenvalue weighted by atomic mass is 35.5. The quantitative estimate of drug-likeness (QED) is 0.797. The third kappa shape index (κ3) is 2.77. The maximum absolute atomic E-state index is 12.1. The third-order valence-electron chi connectivity index (χ3n) is 3.16. The summed E-state index contributed by atoms with van der Waals surface area (Å²) in [4.78, 5) is 12.1. The molecule has 1 aromatic carbocycles. The minimum atomic E-state index is -0.0509. The summed E-state index contributed by atoms with van der Waals surface area (Å²) in [7, 11) is 0. The molecule has 0 atom stereocenters. The molecule has 0 amide bonds. The standard InChI is InChI=1S/C15H18ClNOS/c1-9(2)11-6-5-7-12(10(3)4)15(11)17-14(18)8-13(16)19-17/h5-10H,1-4H3. The number of aromatic nitrogens is 1. The molecule has 0 N–H and O–H groups in total. The van der Waals surface area contributed by atoms with Crippen LogP contribution >= 0.6 is 23.1 Å². The van der Waals surface area contributed by atoms with Crippen LogP contribution in [0.3, 0.4) is 0 Å². The summed E-state index contributed by atoms with van der Waals surface area (Å²) in [5.74, 6) is 0.725. The molecule has 2 rings (SSSR count). The maximum Gasteiger partial charge on any atom is 0.266 e. The van der Waals surface area contributed by atoms with Crippen LogP contribution in [0.4, 0.5) is 0 Å². The van der Waals surface area contributed by atoms with Gasteiger partial charge in [-0.05, 0) is 34.5 Å². The van der Waals surface area contributed by atoms with E-state index in [4.69, 9.17) is 11.6 Å². The minimum absolute atomic E-state index is 0.0509. The van der Waals surface area contributed by atoms with Gasteiger partial charge in [0.05, 0.1) is 5.69 Å². The van der Waals surface area contributed by atoms with Crippen molar-refractivity contribution in [1.82, 2.24) is 3.96 Å². The van der Waals surface area contributed by atoms with Gasteiger partial charge in [0.1, 0.15) is 4.34 Å². The van der Waals surface area contributed by atoms with E-state index in [1.807, 2.05) is 0 Å². The van der Waals surface area contributed by atoms with Gasteiger partial charge in [-0.2, -0.15) is 0 Å². The van der Waals surface area contributed by atoms with Gasteiger partial charge < -0.3 is 0 Å². The molecule has 0 aliphatic rings. The van der Waals surface area contributed by atoms with Gasteiger partial charge in [0, 0.05) is 6.07 Å². The smallest absolute Gasteiger partial charge is 0.266 e. The van der Waals surface area contributed by atoms with E-state index in [2.05, 4.69) is 45.9 Å². The van der Waals surface area contributed by atoms with Crippen molar-refractivity contribution in [3.05, 3.63) is 50.1 Å². The van der Waals surface area contributed by atoms with E-state index in [1.54, 1.807) is 3.96 Å². The topological polar surface area (TPSA) is 22.0 Å². The number of rotatable bonds is 3. The van der Waals surface area contributed by atoms with Crippen molar-refractivity contribution in [3.63, 3.8) is 0 Å². The van der Waals surface area contributed by atoms with Gasteiger partial charge in [0.2, 0.25) is 0 Å². The van der Waals surface area contributed by atoms with Gasteiger partial charge >= 0.3 is 0 Å². The SMILES string of the molecule is CC(C)c1cccc(C(C)C)c1-n1sc(Cl)cc1=O. The van der Waals surface area contributed by atoms with E-state index in [0.29, 0.717) is 16.2 Å². The maximum atomic E-state index is 12.1. The largest absolute Gasteiger partial charge is 0.268 e. The van der Waals surface area contributed by atoms with Gasteiger partial charge in [-0.1, -0.05) is 57.5 Å². The number of nitrogens with zero attached hydrogens (tertiary/aromatic N) is 1. The van der Waals surface area contributed by atoms with Crippen LogP contribution in [-0.2, 0) is 0 Å². The summed E-state index contributed by atoms with van der Waals surface area (Å²) < 4.78 is 2.24. The van der Waals surface area contributed by atoms with Crippen molar-refractivity contribution in [2.24, 2.45) is 0 Å².